The number of hydrogen-bond donors (Lipinski definition) is 2. The van der Waals surface area contributed by atoms with Crippen LogP contribution in [0.25, 0.3) is 0 Å². The normalized spacial score (nSPS) is 10.9. The van der Waals surface area contributed by atoms with E-state index in [0.29, 0.717) is 13.1 Å². The van der Waals surface area contributed by atoms with E-state index in [1.54, 1.807) is 0 Å². The topological polar surface area (TPSA) is 56.7 Å². The Labute approximate surface area is 159 Å². The van der Waals surface area contributed by atoms with Gasteiger partial charge < -0.3 is 15.5 Å². The molecule has 0 radical (unpaired) electrons. The first-order chi connectivity index (χ1) is 10.5. The monoisotopic (exact) mass is 438 g/mol. The van der Waals surface area contributed by atoms with Gasteiger partial charge in [0, 0.05) is 32.6 Å². The molecule has 0 aromatic carbocycles. The fourth-order valence-electron chi connectivity index (χ4n) is 1.94. The molecule has 6 heteroatoms. The molecule has 0 atom stereocenters. The Bertz CT molecular complexity index is 345. The van der Waals surface area contributed by atoms with E-state index in [4.69, 9.17) is 0 Å². The summed E-state index contributed by atoms with van der Waals surface area (Å²) in [5.41, 5.74) is 0. The second kappa shape index (κ2) is 16.1. The van der Waals surface area contributed by atoms with Gasteiger partial charge in [0.05, 0.1) is 6.54 Å². The van der Waals surface area contributed by atoms with Crippen molar-refractivity contribution in [2.45, 2.75) is 46.5 Å². The second-order valence-electron chi connectivity index (χ2n) is 5.74. The predicted octanol–water partition coefficient (Wildman–Crippen LogP) is 3.02. The highest BCUT2D eigenvalue weighted by Gasteiger charge is 2.06. The molecule has 0 saturated carbocycles. The van der Waals surface area contributed by atoms with Gasteiger partial charge in [-0.05, 0) is 26.2 Å². The van der Waals surface area contributed by atoms with Crippen molar-refractivity contribution >= 4 is 35.8 Å². The molecule has 0 rings (SSSR count). The van der Waals surface area contributed by atoms with Gasteiger partial charge in [0.15, 0.2) is 5.96 Å². The number of nitrogens with zero attached hydrogens (tertiary/aromatic N) is 2. The Morgan fingerprint density at radius 2 is 1.96 bits per heavy atom. The number of hydrogen-bond acceptors (Lipinski definition) is 2. The third-order valence-electron chi connectivity index (χ3n) is 3.30. The molecule has 23 heavy (non-hydrogen) atoms. The maximum Gasteiger partial charge on any atom is 0.222 e. The number of guanidine groups is 1. The average Bonchev–Trinajstić information content (AvgIpc) is 2.49. The minimum absolute atomic E-state index is 0. The van der Waals surface area contributed by atoms with Gasteiger partial charge in [-0.2, -0.15) is 0 Å². The zero-order chi connectivity index (χ0) is 16.8. The lowest BCUT2D eigenvalue weighted by atomic mass is 10.2. The standard InChI is InChI=1S/C17H34N4O.HI/c1-6-8-9-10-11-14-21(5)17(18-7-2)20-13-12-19-16(22)15(3)4;/h6,15H,1,7-14H2,2-5H3,(H,18,20)(H,19,22);1H. The fraction of sp³-hybridized carbons (Fsp3) is 0.765. The van der Waals surface area contributed by atoms with Gasteiger partial charge in [-0.1, -0.05) is 26.3 Å². The summed E-state index contributed by atoms with van der Waals surface area (Å²) in [7, 11) is 2.06. The molecule has 0 spiro atoms. The Balaban J connectivity index is 0. The van der Waals surface area contributed by atoms with Gasteiger partial charge in [-0.25, -0.2) is 0 Å². The zero-order valence-corrected chi connectivity index (χ0v) is 17.6. The number of aliphatic imine (C=N–C) groups is 1. The van der Waals surface area contributed by atoms with E-state index in [1.165, 1.54) is 12.8 Å². The number of allylic oxidation sites excluding steroid dienone is 1. The van der Waals surface area contributed by atoms with Crippen molar-refractivity contribution in [2.24, 2.45) is 10.9 Å². The van der Waals surface area contributed by atoms with Crippen LogP contribution in [0.3, 0.4) is 0 Å². The van der Waals surface area contributed by atoms with Crippen molar-refractivity contribution in [1.29, 1.82) is 0 Å². The van der Waals surface area contributed by atoms with Crippen molar-refractivity contribution in [1.82, 2.24) is 15.5 Å². The lowest BCUT2D eigenvalue weighted by Crippen LogP contribution is -2.40. The van der Waals surface area contributed by atoms with Gasteiger partial charge in [0.1, 0.15) is 0 Å². The third kappa shape index (κ3) is 13.4. The number of amides is 1. The molecule has 0 aromatic heterocycles. The Hall–Kier alpha value is -0.790. The van der Waals surface area contributed by atoms with Gasteiger partial charge in [0.2, 0.25) is 5.91 Å². The molecule has 0 aliphatic heterocycles. The van der Waals surface area contributed by atoms with Crippen molar-refractivity contribution in [2.75, 3.05) is 33.2 Å². The zero-order valence-electron chi connectivity index (χ0n) is 15.2. The van der Waals surface area contributed by atoms with Crippen molar-refractivity contribution in [3.05, 3.63) is 12.7 Å². The SMILES string of the molecule is C=CCCCCCN(C)C(=NCCNC(=O)C(C)C)NCC.I. The number of rotatable bonds is 11. The van der Waals surface area contributed by atoms with Crippen LogP contribution < -0.4 is 10.6 Å². The lowest BCUT2D eigenvalue weighted by Gasteiger charge is -2.22. The van der Waals surface area contributed by atoms with E-state index in [9.17, 15) is 4.79 Å². The predicted molar refractivity (Wildman–Crippen MR) is 111 cm³/mol. The Morgan fingerprint density at radius 3 is 2.52 bits per heavy atom. The van der Waals surface area contributed by atoms with E-state index in [2.05, 4.69) is 41.1 Å². The molecule has 2 N–H and O–H groups in total. The first-order valence-electron chi connectivity index (χ1n) is 8.41. The van der Waals surface area contributed by atoms with Crippen LogP contribution in [0.1, 0.15) is 46.5 Å². The fourth-order valence-corrected chi connectivity index (χ4v) is 1.94. The molecule has 0 bridgehead atoms. The molecule has 0 aromatic rings. The average molecular weight is 438 g/mol. The minimum atomic E-state index is 0. The smallest absolute Gasteiger partial charge is 0.222 e. The third-order valence-corrected chi connectivity index (χ3v) is 3.30. The van der Waals surface area contributed by atoms with E-state index >= 15 is 0 Å². The summed E-state index contributed by atoms with van der Waals surface area (Å²) in [6.45, 7) is 12.6. The number of unbranched alkanes of at least 4 members (excludes halogenated alkanes) is 3. The number of nitrogens with one attached hydrogen (secondary N) is 2. The Kier molecular flexibility index (Phi) is 17.1. The molecule has 136 valence electrons. The largest absolute Gasteiger partial charge is 0.357 e. The van der Waals surface area contributed by atoms with E-state index in [0.717, 1.165) is 31.9 Å². The maximum absolute atomic E-state index is 11.5. The van der Waals surface area contributed by atoms with Crippen LogP contribution in [0.2, 0.25) is 0 Å². The van der Waals surface area contributed by atoms with Crippen LogP contribution in [0.4, 0.5) is 0 Å². The van der Waals surface area contributed by atoms with Crippen LogP contribution in [0, 0.1) is 5.92 Å². The van der Waals surface area contributed by atoms with Gasteiger partial charge in [-0.15, -0.1) is 30.6 Å². The first-order valence-corrected chi connectivity index (χ1v) is 8.41. The van der Waals surface area contributed by atoms with Crippen LogP contribution in [0.15, 0.2) is 17.6 Å². The highest BCUT2D eigenvalue weighted by molar-refractivity contribution is 14.0. The Morgan fingerprint density at radius 1 is 1.26 bits per heavy atom. The quantitative estimate of drug-likeness (QED) is 0.172. The van der Waals surface area contributed by atoms with E-state index in [-0.39, 0.29) is 35.8 Å². The summed E-state index contributed by atoms with van der Waals surface area (Å²) in [6, 6.07) is 0. The summed E-state index contributed by atoms with van der Waals surface area (Å²) >= 11 is 0. The summed E-state index contributed by atoms with van der Waals surface area (Å²) in [5.74, 6) is 1.01. The molecule has 1 amide bonds. The molecule has 0 heterocycles. The number of halogens is 1. The number of carbonyl (C=O) groups is 1. The number of carbonyl (C=O) groups excluding carboxylic acids is 1. The molecule has 0 unspecified atom stereocenters. The van der Waals surface area contributed by atoms with Crippen molar-refractivity contribution in [3.63, 3.8) is 0 Å². The first kappa shape index (κ1) is 24.5. The molecular formula is C17H35IN4O. The van der Waals surface area contributed by atoms with E-state index in [1.807, 2.05) is 19.9 Å². The highest BCUT2D eigenvalue weighted by Crippen LogP contribution is 2.01. The molecule has 5 nitrogen and oxygen atoms in total. The highest BCUT2D eigenvalue weighted by atomic mass is 127. The van der Waals surface area contributed by atoms with Crippen LogP contribution in [0.5, 0.6) is 0 Å². The molecular weight excluding hydrogens is 403 g/mol. The summed E-state index contributed by atoms with van der Waals surface area (Å²) in [4.78, 5) is 18.2. The lowest BCUT2D eigenvalue weighted by molar-refractivity contribution is -0.123. The second-order valence-corrected chi connectivity index (χ2v) is 5.74. The maximum atomic E-state index is 11.5. The van der Waals surface area contributed by atoms with Crippen LogP contribution in [-0.4, -0.2) is 50.0 Å². The van der Waals surface area contributed by atoms with Gasteiger partial charge >= 0.3 is 0 Å². The molecule has 0 aliphatic carbocycles. The summed E-state index contributed by atoms with van der Waals surface area (Å²) in [6.07, 6.45) is 6.62. The minimum Gasteiger partial charge on any atom is -0.357 e. The van der Waals surface area contributed by atoms with Crippen molar-refractivity contribution in [3.8, 4) is 0 Å². The molecule has 0 fully saturated rings. The molecule has 0 saturated heterocycles. The van der Waals surface area contributed by atoms with Crippen LogP contribution >= 0.6 is 24.0 Å². The van der Waals surface area contributed by atoms with Crippen LogP contribution in [-0.2, 0) is 4.79 Å². The summed E-state index contributed by atoms with van der Waals surface area (Å²) in [5, 5.41) is 6.18. The van der Waals surface area contributed by atoms with Gasteiger partial charge in [0.25, 0.3) is 0 Å². The van der Waals surface area contributed by atoms with Crippen molar-refractivity contribution < 1.29 is 4.79 Å². The summed E-state index contributed by atoms with van der Waals surface area (Å²) < 4.78 is 0. The van der Waals surface area contributed by atoms with E-state index < -0.39 is 0 Å². The molecule has 0 aliphatic rings. The van der Waals surface area contributed by atoms with Gasteiger partial charge in [-0.3, -0.25) is 9.79 Å².